The molecule has 0 unspecified atom stereocenters. The summed E-state index contributed by atoms with van der Waals surface area (Å²) in [4.78, 5) is 2.28. The first-order valence-corrected chi connectivity index (χ1v) is 9.68. The molecule has 0 N–H and O–H groups in total. The maximum Gasteiger partial charge on any atom is 0.0420 e. The smallest absolute Gasteiger partial charge is 0.0420 e. The second-order valence-corrected chi connectivity index (χ2v) is 7.57. The average Bonchev–Trinajstić information content (AvgIpc) is 2.76. The Bertz CT molecular complexity index is 1410. The molecule has 0 bridgehead atoms. The normalized spacial score (nSPS) is 11.8. The first kappa shape index (κ1) is 15.5. The van der Waals surface area contributed by atoms with Gasteiger partial charge < -0.3 is 4.90 Å². The summed E-state index contributed by atoms with van der Waals surface area (Å²) in [5, 5.41) is 10.5. The third kappa shape index (κ3) is 2.20. The lowest BCUT2D eigenvalue weighted by Gasteiger charge is -2.22. The van der Waals surface area contributed by atoms with Crippen LogP contribution in [0.25, 0.3) is 43.1 Å². The lowest BCUT2D eigenvalue weighted by molar-refractivity contribution is 1.22. The molecule has 132 valence electrons. The maximum atomic E-state index is 2.31. The Morgan fingerprint density at radius 3 is 1.64 bits per heavy atom. The summed E-state index contributed by atoms with van der Waals surface area (Å²) in [5.41, 5.74) is 2.41. The third-order valence-electron chi connectivity index (χ3n) is 5.96. The quantitative estimate of drug-likeness (QED) is 0.290. The number of fused-ring (bicyclic) bond motifs is 1. The number of hydrogen-bond donors (Lipinski definition) is 0. The largest absolute Gasteiger partial charge is 0.345 e. The van der Waals surface area contributed by atoms with Crippen LogP contribution in [0, 0.1) is 0 Å². The van der Waals surface area contributed by atoms with Gasteiger partial charge in [0.2, 0.25) is 0 Å². The molecule has 1 heteroatoms. The summed E-state index contributed by atoms with van der Waals surface area (Å²) in [7, 11) is 2.15. The van der Waals surface area contributed by atoms with Crippen LogP contribution in [0.5, 0.6) is 0 Å². The summed E-state index contributed by atoms with van der Waals surface area (Å²) >= 11 is 0. The Morgan fingerprint density at radius 1 is 0.429 bits per heavy atom. The first-order valence-electron chi connectivity index (χ1n) is 9.68. The molecule has 6 aromatic rings. The van der Waals surface area contributed by atoms with Crippen LogP contribution in [-0.4, -0.2) is 7.05 Å². The van der Waals surface area contributed by atoms with Crippen LogP contribution in [0.3, 0.4) is 0 Å². The Hall–Kier alpha value is -3.58. The van der Waals surface area contributed by atoms with E-state index in [1.54, 1.807) is 0 Å². The van der Waals surface area contributed by atoms with Gasteiger partial charge in [-0.15, -0.1) is 0 Å². The van der Waals surface area contributed by atoms with Crippen LogP contribution in [0.4, 0.5) is 11.4 Å². The molecule has 28 heavy (non-hydrogen) atoms. The van der Waals surface area contributed by atoms with Gasteiger partial charge in [0.1, 0.15) is 0 Å². The highest BCUT2D eigenvalue weighted by Crippen LogP contribution is 2.38. The number of hydrogen-bond acceptors (Lipinski definition) is 1. The Balaban J connectivity index is 1.56. The predicted octanol–water partition coefficient (Wildman–Crippen LogP) is 7.51. The zero-order valence-corrected chi connectivity index (χ0v) is 15.7. The molecule has 0 fully saturated rings. The van der Waals surface area contributed by atoms with Gasteiger partial charge in [0.05, 0.1) is 0 Å². The molecule has 6 aromatic carbocycles. The van der Waals surface area contributed by atoms with Crippen LogP contribution >= 0.6 is 0 Å². The minimum atomic E-state index is 1.20. The van der Waals surface area contributed by atoms with E-state index in [9.17, 15) is 0 Å². The molecule has 0 aromatic heterocycles. The van der Waals surface area contributed by atoms with Gasteiger partial charge in [-0.1, -0.05) is 72.8 Å². The summed E-state index contributed by atoms with van der Waals surface area (Å²) < 4.78 is 0. The van der Waals surface area contributed by atoms with Crippen molar-refractivity contribution in [1.29, 1.82) is 0 Å². The standard InChI is InChI=1S/C27H19N/c1-28(24-14-13-18-5-2-3-6-21(18)15-24)25-16-22-11-9-19-7-4-8-20-10-12-23(17-25)27(22)26(19)20/h2-17H,1H3. The van der Waals surface area contributed by atoms with E-state index in [0.29, 0.717) is 0 Å². The molecule has 0 radical (unpaired) electrons. The zero-order chi connectivity index (χ0) is 18.7. The van der Waals surface area contributed by atoms with Crippen molar-refractivity contribution in [3.05, 3.63) is 97.1 Å². The Kier molecular flexibility index (Phi) is 3.15. The van der Waals surface area contributed by atoms with Gasteiger partial charge in [-0.3, -0.25) is 0 Å². The lowest BCUT2D eigenvalue weighted by Crippen LogP contribution is -2.09. The number of benzene rings is 6. The summed E-state index contributed by atoms with van der Waals surface area (Å²) in [6, 6.07) is 35.3. The molecule has 0 atom stereocenters. The van der Waals surface area contributed by atoms with Crippen LogP contribution in [0.2, 0.25) is 0 Å². The molecule has 0 aliphatic carbocycles. The van der Waals surface area contributed by atoms with E-state index in [4.69, 9.17) is 0 Å². The van der Waals surface area contributed by atoms with E-state index < -0.39 is 0 Å². The van der Waals surface area contributed by atoms with Crippen molar-refractivity contribution < 1.29 is 0 Å². The molecule has 0 spiro atoms. The van der Waals surface area contributed by atoms with Gasteiger partial charge in [0, 0.05) is 18.4 Å². The SMILES string of the molecule is CN(c1ccc2ccccc2c1)c1cc2ccc3cccc4ccc(c1)c2c34. The summed E-state index contributed by atoms with van der Waals surface area (Å²) in [5.74, 6) is 0. The van der Waals surface area contributed by atoms with Crippen molar-refractivity contribution in [2.45, 2.75) is 0 Å². The van der Waals surface area contributed by atoms with Crippen molar-refractivity contribution >= 4 is 54.5 Å². The maximum absolute atomic E-state index is 2.31. The average molecular weight is 357 g/mol. The minimum absolute atomic E-state index is 1.20. The van der Waals surface area contributed by atoms with E-state index in [0.717, 1.165) is 0 Å². The fourth-order valence-corrected chi connectivity index (χ4v) is 4.47. The molecule has 0 heterocycles. The molecular weight excluding hydrogens is 338 g/mol. The highest BCUT2D eigenvalue weighted by atomic mass is 15.1. The summed E-state index contributed by atoms with van der Waals surface area (Å²) in [6.45, 7) is 0. The van der Waals surface area contributed by atoms with Crippen LogP contribution in [0.1, 0.15) is 0 Å². The number of anilines is 2. The highest BCUT2D eigenvalue weighted by Gasteiger charge is 2.12. The van der Waals surface area contributed by atoms with Crippen molar-refractivity contribution in [2.75, 3.05) is 11.9 Å². The fourth-order valence-electron chi connectivity index (χ4n) is 4.47. The van der Waals surface area contributed by atoms with Crippen LogP contribution < -0.4 is 4.90 Å². The van der Waals surface area contributed by atoms with E-state index in [2.05, 4.69) is 109 Å². The molecule has 0 amide bonds. The zero-order valence-electron chi connectivity index (χ0n) is 15.7. The number of nitrogens with zero attached hydrogens (tertiary/aromatic N) is 1. The Morgan fingerprint density at radius 2 is 0.929 bits per heavy atom. The summed E-state index contributed by atoms with van der Waals surface area (Å²) in [6.07, 6.45) is 0. The minimum Gasteiger partial charge on any atom is -0.345 e. The highest BCUT2D eigenvalue weighted by molar-refractivity contribution is 6.23. The first-order chi connectivity index (χ1) is 13.8. The molecule has 1 nitrogen and oxygen atoms in total. The van der Waals surface area contributed by atoms with Crippen molar-refractivity contribution in [1.82, 2.24) is 0 Å². The number of rotatable bonds is 2. The Labute approximate surface area is 163 Å². The molecule has 0 saturated heterocycles. The van der Waals surface area contributed by atoms with Crippen molar-refractivity contribution in [2.24, 2.45) is 0 Å². The van der Waals surface area contributed by atoms with Gasteiger partial charge in [0.15, 0.2) is 0 Å². The van der Waals surface area contributed by atoms with E-state index in [1.165, 1.54) is 54.5 Å². The van der Waals surface area contributed by atoms with E-state index in [-0.39, 0.29) is 0 Å². The van der Waals surface area contributed by atoms with E-state index in [1.807, 2.05) is 0 Å². The van der Waals surface area contributed by atoms with Gasteiger partial charge in [0.25, 0.3) is 0 Å². The van der Waals surface area contributed by atoms with Gasteiger partial charge in [-0.2, -0.15) is 0 Å². The molecule has 0 aliphatic heterocycles. The lowest BCUT2D eigenvalue weighted by atomic mass is 9.94. The van der Waals surface area contributed by atoms with E-state index >= 15 is 0 Å². The van der Waals surface area contributed by atoms with Crippen molar-refractivity contribution in [3.8, 4) is 0 Å². The predicted molar refractivity (Wildman–Crippen MR) is 122 cm³/mol. The second kappa shape index (κ2) is 5.71. The van der Waals surface area contributed by atoms with Crippen LogP contribution in [0.15, 0.2) is 97.1 Å². The monoisotopic (exact) mass is 357 g/mol. The molecule has 0 aliphatic rings. The van der Waals surface area contributed by atoms with Gasteiger partial charge in [-0.05, 0) is 67.4 Å². The third-order valence-corrected chi connectivity index (χ3v) is 5.96. The molecule has 6 rings (SSSR count). The van der Waals surface area contributed by atoms with Gasteiger partial charge >= 0.3 is 0 Å². The fraction of sp³-hybridized carbons (Fsp3) is 0.0370. The van der Waals surface area contributed by atoms with Crippen LogP contribution in [-0.2, 0) is 0 Å². The molecule has 0 saturated carbocycles. The van der Waals surface area contributed by atoms with Crippen molar-refractivity contribution in [3.63, 3.8) is 0 Å². The molecular formula is C27H19N. The topological polar surface area (TPSA) is 3.24 Å². The van der Waals surface area contributed by atoms with Gasteiger partial charge in [-0.25, -0.2) is 0 Å². The second-order valence-electron chi connectivity index (χ2n) is 7.57.